The maximum atomic E-state index is 10.6. The van der Waals surface area contributed by atoms with Crippen molar-refractivity contribution in [2.75, 3.05) is 27.4 Å². The molecule has 6 nitrogen and oxygen atoms in total. The predicted molar refractivity (Wildman–Crippen MR) is 114 cm³/mol. The molecule has 0 spiro atoms. The zero-order valence-corrected chi connectivity index (χ0v) is 17.5. The number of aliphatic hydroxyl groups is 1. The van der Waals surface area contributed by atoms with Gasteiger partial charge in [-0.2, -0.15) is 0 Å². The zero-order valence-electron chi connectivity index (χ0n) is 17.5. The van der Waals surface area contributed by atoms with E-state index in [2.05, 4.69) is 4.90 Å². The van der Waals surface area contributed by atoms with Gasteiger partial charge < -0.3 is 23.7 Å². The highest BCUT2D eigenvalue weighted by Gasteiger charge is 2.18. The number of rotatable bonds is 12. The maximum Gasteiger partial charge on any atom is 0.165 e. The molecule has 0 bridgehead atoms. The van der Waals surface area contributed by atoms with Gasteiger partial charge in [0.15, 0.2) is 11.5 Å². The second kappa shape index (κ2) is 11.4. The van der Waals surface area contributed by atoms with E-state index in [9.17, 15) is 5.11 Å². The van der Waals surface area contributed by atoms with E-state index in [1.54, 1.807) is 20.5 Å². The van der Waals surface area contributed by atoms with Crippen molar-refractivity contribution in [3.8, 4) is 11.5 Å². The molecule has 0 aliphatic carbocycles. The molecule has 3 aromatic rings. The van der Waals surface area contributed by atoms with Crippen LogP contribution in [0, 0.1) is 0 Å². The van der Waals surface area contributed by atoms with Crippen LogP contribution >= 0.6 is 0 Å². The lowest BCUT2D eigenvalue weighted by molar-refractivity contribution is 0.00602. The third kappa shape index (κ3) is 6.35. The highest BCUT2D eigenvalue weighted by Crippen LogP contribution is 2.31. The Balaban J connectivity index is 1.63. The van der Waals surface area contributed by atoms with Crippen LogP contribution in [-0.4, -0.2) is 43.5 Å². The molecule has 6 heteroatoms. The number of ether oxygens (including phenoxy) is 3. The van der Waals surface area contributed by atoms with E-state index < -0.39 is 6.10 Å². The minimum Gasteiger partial charge on any atom is -0.493 e. The highest BCUT2D eigenvalue weighted by atomic mass is 16.5. The van der Waals surface area contributed by atoms with E-state index >= 15 is 0 Å². The number of aliphatic hydroxyl groups excluding tert-OH is 1. The standard InChI is InChI=1S/C24H29NO5/c1-27-23-12-6-10-20(24(23)28-2)14-25(16-22-11-7-13-30-22)15-21(26)18-29-17-19-8-4-3-5-9-19/h3-13,21,26H,14-18H2,1-2H3/t21-/m1/s1. The normalized spacial score (nSPS) is 12.1. The number of hydrogen-bond donors (Lipinski definition) is 1. The van der Waals surface area contributed by atoms with Crippen LogP contribution in [0.15, 0.2) is 71.3 Å². The Kier molecular flexibility index (Phi) is 8.32. The summed E-state index contributed by atoms with van der Waals surface area (Å²) in [6.07, 6.45) is 1.01. The van der Waals surface area contributed by atoms with Gasteiger partial charge >= 0.3 is 0 Å². The summed E-state index contributed by atoms with van der Waals surface area (Å²) >= 11 is 0. The van der Waals surface area contributed by atoms with Crippen LogP contribution in [0.5, 0.6) is 11.5 Å². The van der Waals surface area contributed by atoms with Crippen LogP contribution in [0.4, 0.5) is 0 Å². The number of para-hydroxylation sites is 1. The molecule has 3 rings (SSSR count). The minimum absolute atomic E-state index is 0.249. The van der Waals surface area contributed by atoms with Crippen LogP contribution < -0.4 is 9.47 Å². The Morgan fingerprint density at radius 3 is 2.47 bits per heavy atom. The second-order valence-corrected chi connectivity index (χ2v) is 7.06. The molecular weight excluding hydrogens is 382 g/mol. The lowest BCUT2D eigenvalue weighted by atomic mass is 10.1. The van der Waals surface area contributed by atoms with Crippen molar-refractivity contribution >= 4 is 0 Å². The Bertz CT molecular complexity index is 867. The van der Waals surface area contributed by atoms with Crippen LogP contribution in [0.3, 0.4) is 0 Å². The lowest BCUT2D eigenvalue weighted by Crippen LogP contribution is -2.34. The number of benzene rings is 2. The van der Waals surface area contributed by atoms with E-state index in [1.807, 2.05) is 60.7 Å². The third-order valence-electron chi connectivity index (χ3n) is 4.73. The second-order valence-electron chi connectivity index (χ2n) is 7.06. The van der Waals surface area contributed by atoms with Gasteiger partial charge in [0.1, 0.15) is 5.76 Å². The molecule has 0 amide bonds. The first-order valence-electron chi connectivity index (χ1n) is 9.94. The maximum absolute atomic E-state index is 10.6. The van der Waals surface area contributed by atoms with Crippen molar-refractivity contribution in [2.24, 2.45) is 0 Å². The summed E-state index contributed by atoms with van der Waals surface area (Å²) in [5.41, 5.74) is 2.05. The fourth-order valence-electron chi connectivity index (χ4n) is 3.36. The van der Waals surface area contributed by atoms with E-state index in [-0.39, 0.29) is 6.61 Å². The molecule has 1 aromatic heterocycles. The van der Waals surface area contributed by atoms with Gasteiger partial charge in [0.05, 0.1) is 46.3 Å². The SMILES string of the molecule is COc1cccc(CN(Cc2ccco2)C[C@@H](O)COCc2ccccc2)c1OC. The van der Waals surface area contributed by atoms with Crippen LogP contribution in [0.1, 0.15) is 16.9 Å². The third-order valence-corrected chi connectivity index (χ3v) is 4.73. The van der Waals surface area contributed by atoms with Crippen LogP contribution in [0.25, 0.3) is 0 Å². The average Bonchev–Trinajstić information content (AvgIpc) is 3.27. The number of nitrogens with zero attached hydrogens (tertiary/aromatic N) is 1. The average molecular weight is 411 g/mol. The topological polar surface area (TPSA) is 64.3 Å². The highest BCUT2D eigenvalue weighted by molar-refractivity contribution is 5.46. The van der Waals surface area contributed by atoms with E-state index in [0.29, 0.717) is 37.7 Å². The molecule has 1 atom stereocenters. The van der Waals surface area contributed by atoms with E-state index in [0.717, 1.165) is 16.9 Å². The van der Waals surface area contributed by atoms with Crippen molar-refractivity contribution in [3.05, 3.63) is 83.8 Å². The predicted octanol–water partition coefficient (Wildman–Crippen LogP) is 3.88. The van der Waals surface area contributed by atoms with Gasteiger partial charge in [0.2, 0.25) is 0 Å². The molecule has 0 radical (unpaired) electrons. The van der Waals surface area contributed by atoms with Gasteiger partial charge in [-0.15, -0.1) is 0 Å². The summed E-state index contributed by atoms with van der Waals surface area (Å²) in [7, 11) is 3.25. The first-order chi connectivity index (χ1) is 14.7. The molecule has 0 unspecified atom stereocenters. The molecule has 1 heterocycles. The van der Waals surface area contributed by atoms with Gasteiger partial charge in [-0.25, -0.2) is 0 Å². The zero-order chi connectivity index (χ0) is 21.2. The Morgan fingerprint density at radius 2 is 1.77 bits per heavy atom. The van der Waals surface area contributed by atoms with Crippen molar-refractivity contribution < 1.29 is 23.7 Å². The van der Waals surface area contributed by atoms with Crippen LogP contribution in [-0.2, 0) is 24.4 Å². The van der Waals surface area contributed by atoms with Crippen molar-refractivity contribution in [3.63, 3.8) is 0 Å². The summed E-state index contributed by atoms with van der Waals surface area (Å²) in [6, 6.07) is 19.5. The van der Waals surface area contributed by atoms with E-state index in [4.69, 9.17) is 18.6 Å². The molecule has 2 aromatic carbocycles. The van der Waals surface area contributed by atoms with Gasteiger partial charge in [-0.1, -0.05) is 42.5 Å². The summed E-state index contributed by atoms with van der Waals surface area (Å²) in [5.74, 6) is 2.20. The summed E-state index contributed by atoms with van der Waals surface area (Å²) < 4.78 is 22.2. The first kappa shape index (κ1) is 21.9. The monoisotopic (exact) mass is 411 g/mol. The fraction of sp³-hybridized carbons (Fsp3) is 0.333. The lowest BCUT2D eigenvalue weighted by Gasteiger charge is -2.25. The van der Waals surface area contributed by atoms with Gasteiger partial charge in [0.25, 0.3) is 0 Å². The van der Waals surface area contributed by atoms with Gasteiger partial charge in [-0.3, -0.25) is 4.90 Å². The number of furan rings is 1. The summed E-state index contributed by atoms with van der Waals surface area (Å²) in [6.45, 7) is 2.27. The largest absolute Gasteiger partial charge is 0.493 e. The Hall–Kier alpha value is -2.80. The fourth-order valence-corrected chi connectivity index (χ4v) is 3.36. The van der Waals surface area contributed by atoms with Gasteiger partial charge in [-0.05, 0) is 23.8 Å². The number of methoxy groups -OCH3 is 2. The molecule has 0 saturated carbocycles. The Morgan fingerprint density at radius 1 is 0.933 bits per heavy atom. The molecule has 160 valence electrons. The van der Waals surface area contributed by atoms with Crippen molar-refractivity contribution in [1.82, 2.24) is 4.90 Å². The van der Waals surface area contributed by atoms with Crippen LogP contribution in [0.2, 0.25) is 0 Å². The molecule has 1 N–H and O–H groups in total. The van der Waals surface area contributed by atoms with Crippen molar-refractivity contribution in [2.45, 2.75) is 25.8 Å². The molecule has 0 aliphatic rings. The summed E-state index contributed by atoms with van der Waals surface area (Å²) in [5, 5.41) is 10.6. The molecule has 30 heavy (non-hydrogen) atoms. The van der Waals surface area contributed by atoms with E-state index in [1.165, 1.54) is 0 Å². The molecule has 0 fully saturated rings. The molecule has 0 aliphatic heterocycles. The molecular formula is C24H29NO5. The smallest absolute Gasteiger partial charge is 0.165 e. The van der Waals surface area contributed by atoms with Gasteiger partial charge in [0, 0.05) is 18.7 Å². The number of hydrogen-bond acceptors (Lipinski definition) is 6. The van der Waals surface area contributed by atoms with Crippen molar-refractivity contribution in [1.29, 1.82) is 0 Å². The quantitative estimate of drug-likeness (QED) is 0.488. The summed E-state index contributed by atoms with van der Waals surface area (Å²) in [4.78, 5) is 2.10. The first-order valence-corrected chi connectivity index (χ1v) is 9.94. The Labute approximate surface area is 177 Å². The molecule has 0 saturated heterocycles. The minimum atomic E-state index is -0.639.